The zero-order chi connectivity index (χ0) is 17.5. The number of phenols is 1. The molecular weight excluding hydrogens is 296 g/mol. The van der Waals surface area contributed by atoms with Crippen LogP contribution in [0.25, 0.3) is 0 Å². The quantitative estimate of drug-likeness (QED) is 0.192. The Morgan fingerprint density at radius 3 is 2.70 bits per heavy atom. The van der Waals surface area contributed by atoms with Crippen molar-refractivity contribution < 1.29 is 19.4 Å². The molecule has 0 saturated carbocycles. The van der Waals surface area contributed by atoms with Crippen LogP contribution < -0.4 is 10.2 Å². The second-order valence-electron chi connectivity index (χ2n) is 4.06. The van der Waals surface area contributed by atoms with Crippen LogP contribution in [0.1, 0.15) is 18.9 Å². The Morgan fingerprint density at radius 1 is 1.35 bits per heavy atom. The molecule has 0 aromatic heterocycles. The summed E-state index contributed by atoms with van der Waals surface area (Å²) in [5.41, 5.74) is 3.20. The molecule has 0 fully saturated rings. The minimum atomic E-state index is 0.0922. The number of allylic oxidation sites excluding steroid dienone is 1. The predicted molar refractivity (Wildman–Crippen MR) is 92.8 cm³/mol. The fourth-order valence-electron chi connectivity index (χ4n) is 1.49. The van der Waals surface area contributed by atoms with Crippen LogP contribution >= 0.6 is 0 Å². The number of nitrogens with zero attached hydrogens (tertiary/aromatic N) is 1. The molecule has 0 amide bonds. The summed E-state index contributed by atoms with van der Waals surface area (Å²) in [6, 6.07) is 4.88. The predicted octanol–water partition coefficient (Wildman–Crippen LogP) is 3.04. The number of hydrogen-bond acceptors (Lipinski definition) is 5. The van der Waals surface area contributed by atoms with E-state index < -0.39 is 0 Å². The van der Waals surface area contributed by atoms with Gasteiger partial charge in [0.25, 0.3) is 0 Å². The molecule has 128 valence electrons. The Bertz CT molecular complexity index is 501. The number of nitrogens with one attached hydrogen (secondary N) is 1. The zero-order valence-electron chi connectivity index (χ0n) is 14.0. The monoisotopic (exact) mass is 322 g/mol. The molecule has 0 radical (unpaired) electrons. The number of hydrogen-bond donors (Lipinski definition) is 2. The van der Waals surface area contributed by atoms with Crippen molar-refractivity contribution >= 4 is 5.84 Å². The number of rotatable bonds is 8. The van der Waals surface area contributed by atoms with E-state index in [-0.39, 0.29) is 5.75 Å². The molecule has 0 heterocycles. The minimum Gasteiger partial charge on any atom is -0.507 e. The maximum atomic E-state index is 9.87. The van der Waals surface area contributed by atoms with E-state index >= 15 is 0 Å². The summed E-state index contributed by atoms with van der Waals surface area (Å²) in [6.07, 6.45) is 4.49. The van der Waals surface area contributed by atoms with Gasteiger partial charge in [-0.3, -0.25) is 9.83 Å². The zero-order valence-corrected chi connectivity index (χ0v) is 14.0. The summed E-state index contributed by atoms with van der Waals surface area (Å²) >= 11 is 0. The summed E-state index contributed by atoms with van der Waals surface area (Å²) in [7, 11) is 3.16. The molecule has 0 atom stereocenters. The number of ether oxygens (including phenoxy) is 2. The summed E-state index contributed by atoms with van der Waals surface area (Å²) < 4.78 is 10.3. The van der Waals surface area contributed by atoms with Crippen LogP contribution in [0.3, 0.4) is 0 Å². The van der Waals surface area contributed by atoms with Gasteiger partial charge in [-0.05, 0) is 24.6 Å². The molecule has 1 rings (SSSR count). The standard InChI is InChI=1S/C15H22N2O4.C2H4/c1-4-5-8-20-9-10-21-17-15(16-2)13-11-12(19-3)6-7-14(13)18;1-2/h5-8,11,18H,4,9-10H2,1-3H3,(H,16,17);1-2H2/b8-5-;. The largest absolute Gasteiger partial charge is 0.507 e. The summed E-state index contributed by atoms with van der Waals surface area (Å²) in [5, 5.41) is 9.87. The third-order valence-corrected chi connectivity index (χ3v) is 2.58. The van der Waals surface area contributed by atoms with Gasteiger partial charge in [0.05, 0.1) is 18.9 Å². The summed E-state index contributed by atoms with van der Waals surface area (Å²) in [4.78, 5) is 9.31. The number of methoxy groups -OCH3 is 1. The van der Waals surface area contributed by atoms with Crippen molar-refractivity contribution in [1.82, 2.24) is 5.48 Å². The van der Waals surface area contributed by atoms with Gasteiger partial charge in [-0.2, -0.15) is 0 Å². The Hall–Kier alpha value is -2.47. The Balaban J connectivity index is 0.00000232. The van der Waals surface area contributed by atoms with Gasteiger partial charge in [0.15, 0.2) is 5.84 Å². The van der Waals surface area contributed by atoms with Crippen LogP contribution in [-0.2, 0) is 9.57 Å². The molecule has 0 aliphatic rings. The average molecular weight is 322 g/mol. The highest BCUT2D eigenvalue weighted by Crippen LogP contribution is 2.22. The highest BCUT2D eigenvalue weighted by molar-refractivity contribution is 6.00. The lowest BCUT2D eigenvalue weighted by Crippen LogP contribution is -2.26. The van der Waals surface area contributed by atoms with Crippen LogP contribution in [0.5, 0.6) is 11.5 Å². The van der Waals surface area contributed by atoms with Crippen LogP contribution in [0.15, 0.2) is 48.7 Å². The van der Waals surface area contributed by atoms with Gasteiger partial charge >= 0.3 is 0 Å². The summed E-state index contributed by atoms with van der Waals surface area (Å²) in [5.74, 6) is 1.13. The van der Waals surface area contributed by atoms with Crippen molar-refractivity contribution in [3.63, 3.8) is 0 Å². The molecule has 6 nitrogen and oxygen atoms in total. The van der Waals surface area contributed by atoms with Crippen molar-refractivity contribution in [3.8, 4) is 11.5 Å². The second kappa shape index (κ2) is 13.2. The maximum absolute atomic E-state index is 9.87. The van der Waals surface area contributed by atoms with E-state index in [9.17, 15) is 5.11 Å². The smallest absolute Gasteiger partial charge is 0.156 e. The third kappa shape index (κ3) is 7.92. The van der Waals surface area contributed by atoms with E-state index in [0.717, 1.165) is 6.42 Å². The van der Waals surface area contributed by atoms with Gasteiger partial charge in [0, 0.05) is 7.05 Å². The van der Waals surface area contributed by atoms with Crippen molar-refractivity contribution in [3.05, 3.63) is 49.3 Å². The van der Waals surface area contributed by atoms with E-state index in [1.165, 1.54) is 0 Å². The first kappa shape index (κ1) is 20.5. The van der Waals surface area contributed by atoms with Gasteiger partial charge in [-0.1, -0.05) is 13.0 Å². The normalized spacial score (nSPS) is 10.8. The Kier molecular flexibility index (Phi) is 11.8. The molecule has 2 N–H and O–H groups in total. The summed E-state index contributed by atoms with van der Waals surface area (Å²) in [6.45, 7) is 8.80. The molecule has 1 aromatic carbocycles. The van der Waals surface area contributed by atoms with Crippen LogP contribution in [0.4, 0.5) is 0 Å². The van der Waals surface area contributed by atoms with Crippen LogP contribution in [-0.4, -0.2) is 38.3 Å². The topological polar surface area (TPSA) is 72.3 Å². The lowest BCUT2D eigenvalue weighted by Gasteiger charge is -2.12. The number of amidine groups is 1. The first-order valence-corrected chi connectivity index (χ1v) is 7.21. The van der Waals surface area contributed by atoms with Gasteiger partial charge in [0.1, 0.15) is 24.7 Å². The fourth-order valence-corrected chi connectivity index (χ4v) is 1.49. The minimum absolute atomic E-state index is 0.0922. The number of phenolic OH excluding ortho intramolecular Hbond substituents is 1. The Morgan fingerprint density at radius 2 is 2.09 bits per heavy atom. The van der Waals surface area contributed by atoms with Crippen molar-refractivity contribution in [2.24, 2.45) is 4.99 Å². The van der Waals surface area contributed by atoms with Gasteiger partial charge < -0.3 is 14.6 Å². The first-order chi connectivity index (χ1) is 11.2. The van der Waals surface area contributed by atoms with Gasteiger partial charge in [0.2, 0.25) is 0 Å². The SMILES string of the molecule is C=C.CC/C=C\OCCONC(=NC)c1cc(OC)ccc1O. The molecular formula is C17H26N2O4. The van der Waals surface area contributed by atoms with Crippen LogP contribution in [0.2, 0.25) is 0 Å². The number of aliphatic imine (C=N–C) groups is 1. The molecule has 0 aliphatic heterocycles. The first-order valence-electron chi connectivity index (χ1n) is 7.21. The van der Waals surface area contributed by atoms with E-state index in [1.807, 2.05) is 13.0 Å². The molecule has 6 heteroatoms. The Labute approximate surface area is 138 Å². The number of hydroxylamine groups is 1. The number of aromatic hydroxyl groups is 1. The van der Waals surface area contributed by atoms with Crippen molar-refractivity contribution in [2.75, 3.05) is 27.4 Å². The lowest BCUT2D eigenvalue weighted by molar-refractivity contribution is 0.0483. The molecule has 0 bridgehead atoms. The van der Waals surface area contributed by atoms with Gasteiger partial charge in [-0.25, -0.2) is 5.48 Å². The van der Waals surface area contributed by atoms with E-state index in [4.69, 9.17) is 14.3 Å². The second-order valence-corrected chi connectivity index (χ2v) is 4.06. The van der Waals surface area contributed by atoms with E-state index in [2.05, 4.69) is 23.6 Å². The van der Waals surface area contributed by atoms with Crippen molar-refractivity contribution in [1.29, 1.82) is 0 Å². The molecule has 23 heavy (non-hydrogen) atoms. The molecule has 0 aliphatic carbocycles. The average Bonchev–Trinajstić information content (AvgIpc) is 2.60. The van der Waals surface area contributed by atoms with E-state index in [0.29, 0.717) is 30.4 Å². The fraction of sp³-hybridized carbons (Fsp3) is 0.353. The van der Waals surface area contributed by atoms with Gasteiger partial charge in [-0.15, -0.1) is 13.2 Å². The molecule has 0 saturated heterocycles. The van der Waals surface area contributed by atoms with Crippen LogP contribution in [0, 0.1) is 0 Å². The number of benzene rings is 1. The highest BCUT2D eigenvalue weighted by atomic mass is 16.7. The molecule has 0 unspecified atom stereocenters. The highest BCUT2D eigenvalue weighted by Gasteiger charge is 2.10. The molecule has 1 aromatic rings. The molecule has 0 spiro atoms. The lowest BCUT2D eigenvalue weighted by atomic mass is 10.1. The maximum Gasteiger partial charge on any atom is 0.156 e. The van der Waals surface area contributed by atoms with E-state index in [1.54, 1.807) is 38.6 Å². The van der Waals surface area contributed by atoms with Crippen molar-refractivity contribution in [2.45, 2.75) is 13.3 Å². The third-order valence-electron chi connectivity index (χ3n) is 2.58.